The summed E-state index contributed by atoms with van der Waals surface area (Å²) in [5.41, 5.74) is 1.50. The van der Waals surface area contributed by atoms with E-state index in [1.54, 1.807) is 42.5 Å². The van der Waals surface area contributed by atoms with Crippen LogP contribution in [0.2, 0.25) is 0 Å². The summed E-state index contributed by atoms with van der Waals surface area (Å²) in [4.78, 5) is 11.0. The minimum atomic E-state index is -3.81. The lowest BCUT2D eigenvalue weighted by Gasteiger charge is -2.10. The van der Waals surface area contributed by atoms with Gasteiger partial charge >= 0.3 is 0 Å². The molecule has 0 spiro atoms. The standard InChI is InChI=1S/C21H15FO3S/c22-19-12-10-18(11-13-19)21(14-16-6-8-17(15-23)9-7-16)26(24,25)20-4-2-1-3-5-20/h1-15H/b21-14+. The van der Waals surface area contributed by atoms with E-state index in [2.05, 4.69) is 0 Å². The summed E-state index contributed by atoms with van der Waals surface area (Å²) in [6.45, 7) is 0. The second-order valence-corrected chi connectivity index (χ2v) is 7.53. The second-order valence-electron chi connectivity index (χ2n) is 5.62. The summed E-state index contributed by atoms with van der Waals surface area (Å²) in [5, 5.41) is 0. The number of carbonyl (C=O) groups is 1. The summed E-state index contributed by atoms with van der Waals surface area (Å²) < 4.78 is 39.5. The molecule has 0 N–H and O–H groups in total. The maximum atomic E-state index is 13.3. The van der Waals surface area contributed by atoms with E-state index in [1.807, 2.05) is 0 Å². The van der Waals surface area contributed by atoms with Crippen molar-refractivity contribution in [3.63, 3.8) is 0 Å². The van der Waals surface area contributed by atoms with Gasteiger partial charge in [-0.25, -0.2) is 12.8 Å². The Labute approximate surface area is 151 Å². The molecule has 5 heteroatoms. The maximum absolute atomic E-state index is 13.3. The molecule has 0 bridgehead atoms. The zero-order valence-corrected chi connectivity index (χ0v) is 14.5. The average Bonchev–Trinajstić information content (AvgIpc) is 2.68. The predicted molar refractivity (Wildman–Crippen MR) is 99.7 cm³/mol. The van der Waals surface area contributed by atoms with Crippen molar-refractivity contribution in [3.8, 4) is 0 Å². The molecule has 0 fully saturated rings. The molecular weight excluding hydrogens is 351 g/mol. The summed E-state index contributed by atoms with van der Waals surface area (Å²) in [6.07, 6.45) is 2.24. The highest BCUT2D eigenvalue weighted by Gasteiger charge is 2.22. The minimum Gasteiger partial charge on any atom is -0.298 e. The maximum Gasteiger partial charge on any atom is 0.207 e. The summed E-state index contributed by atoms with van der Waals surface area (Å²) in [7, 11) is -3.81. The molecule has 3 nitrogen and oxygen atoms in total. The van der Waals surface area contributed by atoms with Crippen molar-refractivity contribution in [3.05, 3.63) is 101 Å². The molecule has 3 aromatic carbocycles. The molecule has 3 aromatic rings. The van der Waals surface area contributed by atoms with E-state index in [0.29, 0.717) is 16.7 Å². The van der Waals surface area contributed by atoms with Gasteiger partial charge in [0.1, 0.15) is 12.1 Å². The van der Waals surface area contributed by atoms with Gasteiger partial charge in [0.05, 0.1) is 9.80 Å². The minimum absolute atomic E-state index is 0.0579. The van der Waals surface area contributed by atoms with Gasteiger partial charge in [-0.05, 0) is 41.5 Å². The molecule has 0 aromatic heterocycles. The molecule has 3 rings (SSSR count). The lowest BCUT2D eigenvalue weighted by Crippen LogP contribution is -2.04. The Morgan fingerprint density at radius 1 is 0.769 bits per heavy atom. The van der Waals surface area contributed by atoms with Crippen LogP contribution in [-0.2, 0) is 9.84 Å². The quantitative estimate of drug-likeness (QED) is 0.489. The fourth-order valence-electron chi connectivity index (χ4n) is 2.48. The first-order valence-electron chi connectivity index (χ1n) is 7.84. The van der Waals surface area contributed by atoms with Crippen molar-refractivity contribution in [2.24, 2.45) is 0 Å². The van der Waals surface area contributed by atoms with Gasteiger partial charge < -0.3 is 0 Å². The first-order valence-corrected chi connectivity index (χ1v) is 9.32. The van der Waals surface area contributed by atoms with E-state index in [1.165, 1.54) is 42.5 Å². The van der Waals surface area contributed by atoms with E-state index >= 15 is 0 Å². The monoisotopic (exact) mass is 366 g/mol. The van der Waals surface area contributed by atoms with Crippen LogP contribution in [0.3, 0.4) is 0 Å². The van der Waals surface area contributed by atoms with Crippen molar-refractivity contribution in [2.75, 3.05) is 0 Å². The Morgan fingerprint density at radius 3 is 1.92 bits per heavy atom. The molecule has 0 amide bonds. The molecule has 0 unspecified atom stereocenters. The third-order valence-electron chi connectivity index (χ3n) is 3.84. The number of sulfone groups is 1. The van der Waals surface area contributed by atoms with Crippen LogP contribution < -0.4 is 0 Å². The number of hydrogen-bond acceptors (Lipinski definition) is 3. The van der Waals surface area contributed by atoms with Crippen molar-refractivity contribution in [2.45, 2.75) is 4.90 Å². The number of hydrogen-bond donors (Lipinski definition) is 0. The smallest absolute Gasteiger partial charge is 0.207 e. The van der Waals surface area contributed by atoms with Crippen molar-refractivity contribution < 1.29 is 17.6 Å². The fourth-order valence-corrected chi connectivity index (χ4v) is 3.99. The summed E-state index contributed by atoms with van der Waals surface area (Å²) in [6, 6.07) is 19.9. The topological polar surface area (TPSA) is 51.2 Å². The highest BCUT2D eigenvalue weighted by Crippen LogP contribution is 2.30. The van der Waals surface area contributed by atoms with Gasteiger partial charge in [-0.15, -0.1) is 0 Å². The third kappa shape index (κ3) is 3.78. The van der Waals surface area contributed by atoms with Gasteiger partial charge in [-0.3, -0.25) is 4.79 Å². The van der Waals surface area contributed by atoms with Crippen LogP contribution >= 0.6 is 0 Å². The molecule has 0 aliphatic rings. The van der Waals surface area contributed by atoms with Gasteiger partial charge in [-0.2, -0.15) is 0 Å². The number of aldehydes is 1. The van der Waals surface area contributed by atoms with Crippen molar-refractivity contribution in [1.82, 2.24) is 0 Å². The van der Waals surface area contributed by atoms with E-state index in [9.17, 15) is 17.6 Å². The van der Waals surface area contributed by atoms with Crippen LogP contribution in [-0.4, -0.2) is 14.7 Å². The lowest BCUT2D eigenvalue weighted by molar-refractivity contribution is 0.112. The average molecular weight is 366 g/mol. The van der Waals surface area contributed by atoms with E-state index in [-0.39, 0.29) is 9.80 Å². The Kier molecular flexibility index (Phi) is 5.09. The molecule has 130 valence electrons. The molecular formula is C21H15FO3S. The molecule has 0 heterocycles. The number of carbonyl (C=O) groups excluding carboxylic acids is 1. The van der Waals surface area contributed by atoms with Crippen LogP contribution in [0.5, 0.6) is 0 Å². The number of benzene rings is 3. The third-order valence-corrected chi connectivity index (χ3v) is 5.67. The zero-order chi connectivity index (χ0) is 18.6. The molecule has 0 aliphatic carbocycles. The largest absolute Gasteiger partial charge is 0.298 e. The van der Waals surface area contributed by atoms with Crippen molar-refractivity contribution in [1.29, 1.82) is 0 Å². The first-order chi connectivity index (χ1) is 12.5. The van der Waals surface area contributed by atoms with Crippen LogP contribution in [0.25, 0.3) is 11.0 Å². The normalized spacial score (nSPS) is 12.0. The van der Waals surface area contributed by atoms with E-state index in [0.717, 1.165) is 6.29 Å². The van der Waals surface area contributed by atoms with E-state index < -0.39 is 15.7 Å². The predicted octanol–water partition coefficient (Wildman–Crippen LogP) is 4.61. The van der Waals surface area contributed by atoms with Gasteiger partial charge in [-0.1, -0.05) is 54.6 Å². The Balaban J connectivity index is 2.17. The van der Waals surface area contributed by atoms with Gasteiger partial charge in [0.15, 0.2) is 0 Å². The number of halogens is 1. The molecule has 0 radical (unpaired) electrons. The molecule has 0 atom stereocenters. The molecule has 26 heavy (non-hydrogen) atoms. The summed E-state index contributed by atoms with van der Waals surface area (Å²) in [5.74, 6) is -0.444. The van der Waals surface area contributed by atoms with Gasteiger partial charge in [0.25, 0.3) is 0 Å². The highest BCUT2D eigenvalue weighted by molar-refractivity contribution is 8.00. The van der Waals surface area contributed by atoms with Gasteiger partial charge in [0.2, 0.25) is 9.84 Å². The lowest BCUT2D eigenvalue weighted by atomic mass is 10.1. The van der Waals surface area contributed by atoms with Crippen LogP contribution in [0.4, 0.5) is 4.39 Å². The molecule has 0 saturated carbocycles. The number of rotatable bonds is 5. The SMILES string of the molecule is O=Cc1ccc(/C=C(\c2ccc(F)cc2)S(=O)(=O)c2ccccc2)cc1. The molecule has 0 aliphatic heterocycles. The Hall–Kier alpha value is -3.05. The van der Waals surface area contributed by atoms with Gasteiger partial charge in [0, 0.05) is 5.56 Å². The van der Waals surface area contributed by atoms with E-state index in [4.69, 9.17) is 0 Å². The van der Waals surface area contributed by atoms with Crippen LogP contribution in [0.15, 0.2) is 83.8 Å². The van der Waals surface area contributed by atoms with Crippen LogP contribution in [0, 0.1) is 5.82 Å². The Bertz CT molecular complexity index is 1040. The highest BCUT2D eigenvalue weighted by atomic mass is 32.2. The second kappa shape index (κ2) is 7.45. The van der Waals surface area contributed by atoms with Crippen LogP contribution in [0.1, 0.15) is 21.5 Å². The molecule has 0 saturated heterocycles. The fraction of sp³-hybridized carbons (Fsp3) is 0. The Morgan fingerprint density at radius 2 is 1.35 bits per heavy atom. The zero-order valence-electron chi connectivity index (χ0n) is 13.7. The van der Waals surface area contributed by atoms with Crippen molar-refractivity contribution >= 4 is 27.1 Å². The summed E-state index contributed by atoms with van der Waals surface area (Å²) >= 11 is 0. The first kappa shape index (κ1) is 17.8.